The predicted octanol–water partition coefficient (Wildman–Crippen LogP) is 1.32. The van der Waals surface area contributed by atoms with E-state index >= 15 is 0 Å². The van der Waals surface area contributed by atoms with Crippen molar-refractivity contribution in [3.63, 3.8) is 0 Å². The Morgan fingerprint density at radius 2 is 1.81 bits per heavy atom. The number of amides is 2. The number of carbonyl (C=O) groups excluding carboxylic acids is 2. The third-order valence-electron chi connectivity index (χ3n) is 5.34. The molecule has 0 aromatic heterocycles. The summed E-state index contributed by atoms with van der Waals surface area (Å²) < 4.78 is 37.0. The van der Waals surface area contributed by atoms with Crippen LogP contribution in [0, 0.1) is 11.7 Å². The Balaban J connectivity index is 1.57. The third kappa shape index (κ3) is 3.90. The van der Waals surface area contributed by atoms with Crippen LogP contribution >= 0.6 is 0 Å². The standard InChI is InChI=1S/C18H23FN2O4S/c1-20(14-8-11-26(24,25)12-14)17(22)13-6-9-21(10-7-13)18(23)15-4-2-3-5-16(15)19/h2-5,13-14H,6-12H2,1H3. The first-order valence-corrected chi connectivity index (χ1v) is 10.6. The zero-order chi connectivity index (χ0) is 18.9. The number of carbonyl (C=O) groups is 2. The maximum atomic E-state index is 13.8. The molecule has 1 aromatic carbocycles. The largest absolute Gasteiger partial charge is 0.341 e. The zero-order valence-electron chi connectivity index (χ0n) is 14.7. The van der Waals surface area contributed by atoms with Crippen molar-refractivity contribution in [1.82, 2.24) is 9.80 Å². The van der Waals surface area contributed by atoms with Crippen LogP contribution in [0.2, 0.25) is 0 Å². The van der Waals surface area contributed by atoms with E-state index in [0.29, 0.717) is 32.4 Å². The van der Waals surface area contributed by atoms with Crippen LogP contribution in [0.5, 0.6) is 0 Å². The topological polar surface area (TPSA) is 74.8 Å². The number of piperidine rings is 1. The van der Waals surface area contributed by atoms with E-state index in [-0.39, 0.29) is 40.8 Å². The maximum absolute atomic E-state index is 13.8. The van der Waals surface area contributed by atoms with Crippen molar-refractivity contribution < 1.29 is 22.4 Å². The number of hydrogen-bond acceptors (Lipinski definition) is 4. The van der Waals surface area contributed by atoms with Gasteiger partial charge in [-0.1, -0.05) is 12.1 Å². The first-order valence-electron chi connectivity index (χ1n) is 8.79. The third-order valence-corrected chi connectivity index (χ3v) is 7.09. The molecule has 1 aromatic rings. The van der Waals surface area contributed by atoms with Gasteiger partial charge in [0.25, 0.3) is 5.91 Å². The fraction of sp³-hybridized carbons (Fsp3) is 0.556. The van der Waals surface area contributed by atoms with Gasteiger partial charge < -0.3 is 9.80 Å². The molecule has 2 fully saturated rings. The molecule has 1 unspecified atom stereocenters. The predicted molar refractivity (Wildman–Crippen MR) is 94.9 cm³/mol. The molecule has 8 heteroatoms. The molecule has 0 spiro atoms. The van der Waals surface area contributed by atoms with Gasteiger partial charge >= 0.3 is 0 Å². The lowest BCUT2D eigenvalue weighted by molar-refractivity contribution is -0.137. The average Bonchev–Trinajstić information content (AvgIpc) is 3.00. The van der Waals surface area contributed by atoms with Gasteiger partial charge in [0.15, 0.2) is 9.84 Å². The Bertz CT molecular complexity index is 803. The van der Waals surface area contributed by atoms with Crippen molar-refractivity contribution in [2.45, 2.75) is 25.3 Å². The Kier molecular flexibility index (Phi) is 5.32. The van der Waals surface area contributed by atoms with E-state index in [9.17, 15) is 22.4 Å². The molecule has 1 atom stereocenters. The molecule has 2 aliphatic rings. The Morgan fingerprint density at radius 3 is 2.38 bits per heavy atom. The van der Waals surface area contributed by atoms with Crippen LogP contribution in [0.1, 0.15) is 29.6 Å². The van der Waals surface area contributed by atoms with E-state index in [1.54, 1.807) is 22.9 Å². The number of benzene rings is 1. The second-order valence-electron chi connectivity index (χ2n) is 7.05. The van der Waals surface area contributed by atoms with Crippen molar-refractivity contribution >= 4 is 21.7 Å². The SMILES string of the molecule is CN(C(=O)C1CCN(C(=O)c2ccccc2F)CC1)C1CCS(=O)(=O)C1. The lowest BCUT2D eigenvalue weighted by Crippen LogP contribution is -2.46. The van der Waals surface area contributed by atoms with Crippen molar-refractivity contribution in [2.75, 3.05) is 31.6 Å². The lowest BCUT2D eigenvalue weighted by Gasteiger charge is -2.34. The van der Waals surface area contributed by atoms with Gasteiger partial charge in [-0.25, -0.2) is 12.8 Å². The fourth-order valence-corrected chi connectivity index (χ4v) is 5.46. The van der Waals surface area contributed by atoms with Crippen molar-refractivity contribution in [3.8, 4) is 0 Å². The number of sulfone groups is 1. The normalized spacial score (nSPS) is 23.0. The summed E-state index contributed by atoms with van der Waals surface area (Å²) in [7, 11) is -1.38. The van der Waals surface area contributed by atoms with E-state index in [1.165, 1.54) is 18.2 Å². The summed E-state index contributed by atoms with van der Waals surface area (Å²) in [4.78, 5) is 28.2. The molecule has 0 aliphatic carbocycles. The summed E-state index contributed by atoms with van der Waals surface area (Å²) >= 11 is 0. The first kappa shape index (κ1) is 18.8. The first-order chi connectivity index (χ1) is 12.3. The van der Waals surface area contributed by atoms with Crippen LogP contribution in [-0.2, 0) is 14.6 Å². The van der Waals surface area contributed by atoms with Gasteiger partial charge in [-0.15, -0.1) is 0 Å². The molecule has 3 rings (SSSR count). The highest BCUT2D eigenvalue weighted by Crippen LogP contribution is 2.24. The summed E-state index contributed by atoms with van der Waals surface area (Å²) in [6, 6.07) is 5.62. The van der Waals surface area contributed by atoms with E-state index in [0.717, 1.165) is 0 Å². The molecule has 26 heavy (non-hydrogen) atoms. The van der Waals surface area contributed by atoms with Crippen molar-refractivity contribution in [1.29, 1.82) is 0 Å². The Hall–Kier alpha value is -1.96. The molecular weight excluding hydrogens is 359 g/mol. The molecule has 142 valence electrons. The molecule has 2 heterocycles. The molecule has 0 N–H and O–H groups in total. The summed E-state index contributed by atoms with van der Waals surface area (Å²) in [5, 5.41) is 0. The Labute approximate surface area is 152 Å². The molecule has 2 saturated heterocycles. The summed E-state index contributed by atoms with van der Waals surface area (Å²) in [6.07, 6.45) is 1.49. The number of halogens is 1. The number of likely N-dealkylation sites (tertiary alicyclic amines) is 1. The van der Waals surface area contributed by atoms with Crippen LogP contribution in [0.15, 0.2) is 24.3 Å². The van der Waals surface area contributed by atoms with Gasteiger partial charge in [0.05, 0.1) is 17.1 Å². The molecule has 2 amide bonds. The second-order valence-corrected chi connectivity index (χ2v) is 9.28. The number of hydrogen-bond donors (Lipinski definition) is 0. The summed E-state index contributed by atoms with van der Waals surface area (Å²) in [5.74, 6) is -1.04. The van der Waals surface area contributed by atoms with E-state index in [4.69, 9.17) is 0 Å². The highest BCUT2D eigenvalue weighted by molar-refractivity contribution is 7.91. The molecule has 0 bridgehead atoms. The summed E-state index contributed by atoms with van der Waals surface area (Å²) in [5.41, 5.74) is 0.0468. The minimum absolute atomic E-state index is 0.0276. The highest BCUT2D eigenvalue weighted by atomic mass is 32.2. The van der Waals surface area contributed by atoms with E-state index in [2.05, 4.69) is 0 Å². The lowest BCUT2D eigenvalue weighted by atomic mass is 9.94. The van der Waals surface area contributed by atoms with Gasteiger partial charge in [-0.3, -0.25) is 9.59 Å². The zero-order valence-corrected chi connectivity index (χ0v) is 15.5. The smallest absolute Gasteiger partial charge is 0.256 e. The fourth-order valence-electron chi connectivity index (χ4n) is 3.68. The Morgan fingerprint density at radius 1 is 1.15 bits per heavy atom. The molecule has 2 aliphatic heterocycles. The maximum Gasteiger partial charge on any atom is 0.256 e. The van der Waals surface area contributed by atoms with Gasteiger partial charge in [0.2, 0.25) is 5.91 Å². The molecule has 0 radical (unpaired) electrons. The van der Waals surface area contributed by atoms with E-state index < -0.39 is 15.7 Å². The number of nitrogens with zero attached hydrogens (tertiary/aromatic N) is 2. The average molecular weight is 382 g/mol. The molecular formula is C18H23FN2O4S. The van der Waals surface area contributed by atoms with E-state index in [1.807, 2.05) is 0 Å². The van der Waals surface area contributed by atoms with Gasteiger partial charge in [0.1, 0.15) is 5.82 Å². The van der Waals surface area contributed by atoms with Crippen molar-refractivity contribution in [3.05, 3.63) is 35.6 Å². The minimum Gasteiger partial charge on any atom is -0.341 e. The van der Waals surface area contributed by atoms with Gasteiger partial charge in [-0.2, -0.15) is 0 Å². The molecule has 0 saturated carbocycles. The quantitative estimate of drug-likeness (QED) is 0.790. The second kappa shape index (κ2) is 7.34. The van der Waals surface area contributed by atoms with Crippen LogP contribution in [0.25, 0.3) is 0 Å². The van der Waals surface area contributed by atoms with Gasteiger partial charge in [-0.05, 0) is 31.4 Å². The molecule has 6 nitrogen and oxygen atoms in total. The highest BCUT2D eigenvalue weighted by Gasteiger charge is 2.36. The number of rotatable bonds is 3. The van der Waals surface area contributed by atoms with Crippen LogP contribution in [0.3, 0.4) is 0 Å². The van der Waals surface area contributed by atoms with Crippen molar-refractivity contribution in [2.24, 2.45) is 5.92 Å². The van der Waals surface area contributed by atoms with Gasteiger partial charge in [0, 0.05) is 32.1 Å². The monoisotopic (exact) mass is 382 g/mol. The van der Waals surface area contributed by atoms with Crippen LogP contribution in [-0.4, -0.2) is 67.7 Å². The summed E-state index contributed by atoms with van der Waals surface area (Å²) in [6.45, 7) is 0.779. The van der Waals surface area contributed by atoms with Crippen LogP contribution < -0.4 is 0 Å². The minimum atomic E-state index is -3.04. The van der Waals surface area contributed by atoms with Crippen LogP contribution in [0.4, 0.5) is 4.39 Å².